The minimum atomic E-state index is 0.281. The molecule has 0 bridgehead atoms. The molecule has 0 spiro atoms. The first-order valence-corrected chi connectivity index (χ1v) is 6.90. The van der Waals surface area contributed by atoms with Gasteiger partial charge in [-0.05, 0) is 32.7 Å². The molecule has 1 atom stereocenters. The van der Waals surface area contributed by atoms with Gasteiger partial charge in [0, 0.05) is 37.8 Å². The monoisotopic (exact) mass is 241 g/mol. The number of nitrogens with zero attached hydrogens (tertiary/aromatic N) is 1. The third-order valence-electron chi connectivity index (χ3n) is 4.07. The minimum absolute atomic E-state index is 0.281. The van der Waals surface area contributed by atoms with Crippen molar-refractivity contribution in [3.8, 4) is 0 Å². The zero-order valence-electron chi connectivity index (χ0n) is 12.6. The van der Waals surface area contributed by atoms with Crippen LogP contribution in [0.15, 0.2) is 0 Å². The molecule has 1 heterocycles. The highest BCUT2D eigenvalue weighted by molar-refractivity contribution is 4.92. The molecule has 2 N–H and O–H groups in total. The van der Waals surface area contributed by atoms with E-state index in [1.165, 1.54) is 19.5 Å². The summed E-state index contributed by atoms with van der Waals surface area (Å²) in [5.41, 5.74) is 0.600. The molecule has 3 nitrogen and oxygen atoms in total. The molecule has 0 amide bonds. The van der Waals surface area contributed by atoms with E-state index in [1.54, 1.807) is 0 Å². The van der Waals surface area contributed by atoms with Crippen LogP contribution in [-0.4, -0.2) is 49.7 Å². The molecule has 1 aliphatic heterocycles. The average Bonchev–Trinajstić information content (AvgIpc) is 2.25. The molecule has 0 aromatic heterocycles. The molecule has 1 saturated heterocycles. The predicted molar refractivity (Wildman–Crippen MR) is 75.4 cm³/mol. The van der Waals surface area contributed by atoms with Gasteiger partial charge >= 0.3 is 0 Å². The maximum atomic E-state index is 3.49. The molecule has 1 rings (SSSR count). The van der Waals surface area contributed by atoms with E-state index >= 15 is 0 Å². The summed E-state index contributed by atoms with van der Waals surface area (Å²) >= 11 is 0. The molecular weight excluding hydrogens is 210 g/mol. The van der Waals surface area contributed by atoms with E-state index in [0.717, 1.165) is 13.1 Å². The second-order valence-electron chi connectivity index (χ2n) is 6.96. The summed E-state index contributed by atoms with van der Waals surface area (Å²) in [6, 6.07) is 0.562. The molecule has 0 radical (unpaired) electrons. The number of hydrogen-bond donors (Lipinski definition) is 2. The first-order chi connectivity index (χ1) is 7.77. The van der Waals surface area contributed by atoms with E-state index in [2.05, 4.69) is 57.2 Å². The van der Waals surface area contributed by atoms with Gasteiger partial charge in [-0.3, -0.25) is 4.90 Å². The molecule has 0 aromatic rings. The molecule has 0 saturated carbocycles. The summed E-state index contributed by atoms with van der Waals surface area (Å²) in [4.78, 5) is 2.62. The Morgan fingerprint density at radius 2 is 1.65 bits per heavy atom. The van der Waals surface area contributed by atoms with Crippen molar-refractivity contribution in [2.24, 2.45) is 5.41 Å². The third-order valence-corrected chi connectivity index (χ3v) is 4.07. The van der Waals surface area contributed by atoms with Crippen molar-refractivity contribution in [2.75, 3.05) is 33.2 Å². The van der Waals surface area contributed by atoms with E-state index in [-0.39, 0.29) is 5.54 Å². The molecule has 102 valence electrons. The first kappa shape index (κ1) is 14.9. The fourth-order valence-corrected chi connectivity index (χ4v) is 2.74. The molecule has 1 fully saturated rings. The highest BCUT2D eigenvalue weighted by atomic mass is 15.2. The number of nitrogens with one attached hydrogen (secondary N) is 2. The minimum Gasteiger partial charge on any atom is -0.316 e. The largest absolute Gasteiger partial charge is 0.316 e. The topological polar surface area (TPSA) is 27.3 Å². The van der Waals surface area contributed by atoms with Crippen LogP contribution < -0.4 is 10.6 Å². The van der Waals surface area contributed by atoms with Crippen LogP contribution in [-0.2, 0) is 0 Å². The van der Waals surface area contributed by atoms with Gasteiger partial charge in [0.05, 0.1) is 0 Å². The van der Waals surface area contributed by atoms with Crippen molar-refractivity contribution in [3.63, 3.8) is 0 Å². The van der Waals surface area contributed by atoms with E-state index in [1.807, 2.05) is 0 Å². The van der Waals surface area contributed by atoms with Crippen molar-refractivity contribution in [1.29, 1.82) is 0 Å². The lowest BCUT2D eigenvalue weighted by atomic mass is 9.79. The van der Waals surface area contributed by atoms with Crippen LogP contribution in [0.25, 0.3) is 0 Å². The van der Waals surface area contributed by atoms with E-state index in [9.17, 15) is 0 Å². The zero-order valence-corrected chi connectivity index (χ0v) is 12.6. The Kier molecular flexibility index (Phi) is 4.99. The molecule has 0 aromatic carbocycles. The summed E-state index contributed by atoms with van der Waals surface area (Å²) in [5.74, 6) is 0. The highest BCUT2D eigenvalue weighted by Gasteiger charge is 2.34. The summed E-state index contributed by atoms with van der Waals surface area (Å²) in [6.45, 7) is 16.3. The van der Waals surface area contributed by atoms with Gasteiger partial charge in [-0.25, -0.2) is 0 Å². The van der Waals surface area contributed by atoms with Gasteiger partial charge in [0.25, 0.3) is 0 Å². The van der Waals surface area contributed by atoms with Gasteiger partial charge in [0.15, 0.2) is 0 Å². The van der Waals surface area contributed by atoms with Crippen molar-refractivity contribution in [3.05, 3.63) is 0 Å². The Labute approximate surface area is 107 Å². The molecule has 0 aliphatic carbocycles. The Balaban J connectivity index is 2.62. The quantitative estimate of drug-likeness (QED) is 0.784. The first-order valence-electron chi connectivity index (χ1n) is 6.90. The van der Waals surface area contributed by atoms with Crippen LogP contribution >= 0.6 is 0 Å². The second kappa shape index (κ2) is 5.68. The summed E-state index contributed by atoms with van der Waals surface area (Å²) in [5, 5.41) is 6.92. The SMILES string of the molecule is CNC(CC(C)(C)N1CCNCC1)C(C)(C)C. The van der Waals surface area contributed by atoms with Crippen LogP contribution in [0.4, 0.5) is 0 Å². The summed E-state index contributed by atoms with van der Waals surface area (Å²) < 4.78 is 0. The highest BCUT2D eigenvalue weighted by Crippen LogP contribution is 2.29. The van der Waals surface area contributed by atoms with Gasteiger partial charge < -0.3 is 10.6 Å². The molecule has 3 heteroatoms. The van der Waals surface area contributed by atoms with Gasteiger partial charge in [-0.2, -0.15) is 0 Å². The fourth-order valence-electron chi connectivity index (χ4n) is 2.74. The second-order valence-corrected chi connectivity index (χ2v) is 6.96. The van der Waals surface area contributed by atoms with Gasteiger partial charge in [0.1, 0.15) is 0 Å². The van der Waals surface area contributed by atoms with Crippen molar-refractivity contribution >= 4 is 0 Å². The Morgan fingerprint density at radius 1 is 1.12 bits per heavy atom. The van der Waals surface area contributed by atoms with Gasteiger partial charge in [-0.1, -0.05) is 20.8 Å². The van der Waals surface area contributed by atoms with Crippen LogP contribution in [0.5, 0.6) is 0 Å². The van der Waals surface area contributed by atoms with Gasteiger partial charge in [0.2, 0.25) is 0 Å². The van der Waals surface area contributed by atoms with Crippen LogP contribution in [0.1, 0.15) is 41.0 Å². The van der Waals surface area contributed by atoms with Crippen molar-refractivity contribution < 1.29 is 0 Å². The Morgan fingerprint density at radius 3 is 2.06 bits per heavy atom. The van der Waals surface area contributed by atoms with Crippen molar-refractivity contribution in [2.45, 2.75) is 52.6 Å². The average molecular weight is 241 g/mol. The number of piperazine rings is 1. The molecule has 1 aliphatic rings. The smallest absolute Gasteiger partial charge is 0.0169 e. The van der Waals surface area contributed by atoms with E-state index < -0.39 is 0 Å². The number of hydrogen-bond acceptors (Lipinski definition) is 3. The Hall–Kier alpha value is -0.120. The summed E-state index contributed by atoms with van der Waals surface area (Å²) in [6.07, 6.45) is 1.20. The molecular formula is C14H31N3. The van der Waals surface area contributed by atoms with Crippen LogP contribution in [0.3, 0.4) is 0 Å². The van der Waals surface area contributed by atoms with Crippen LogP contribution in [0, 0.1) is 5.41 Å². The van der Waals surface area contributed by atoms with Crippen LogP contribution in [0.2, 0.25) is 0 Å². The lowest BCUT2D eigenvalue weighted by Crippen LogP contribution is -2.56. The van der Waals surface area contributed by atoms with Crippen molar-refractivity contribution in [1.82, 2.24) is 15.5 Å². The normalized spacial score (nSPS) is 21.5. The lowest BCUT2D eigenvalue weighted by molar-refractivity contribution is 0.0698. The lowest BCUT2D eigenvalue weighted by Gasteiger charge is -2.45. The Bertz CT molecular complexity index is 224. The summed E-state index contributed by atoms with van der Waals surface area (Å²) in [7, 11) is 2.09. The number of rotatable bonds is 4. The maximum absolute atomic E-state index is 3.49. The fraction of sp³-hybridized carbons (Fsp3) is 1.00. The van der Waals surface area contributed by atoms with E-state index in [0.29, 0.717) is 11.5 Å². The molecule has 17 heavy (non-hydrogen) atoms. The predicted octanol–water partition coefficient (Wildman–Crippen LogP) is 1.69. The van der Waals surface area contributed by atoms with E-state index in [4.69, 9.17) is 0 Å². The van der Waals surface area contributed by atoms with Gasteiger partial charge in [-0.15, -0.1) is 0 Å². The third kappa shape index (κ3) is 4.23. The molecule has 1 unspecified atom stereocenters. The zero-order chi connectivity index (χ0) is 13.1. The maximum Gasteiger partial charge on any atom is 0.0169 e. The standard InChI is InChI=1S/C14H31N3/c1-13(2,3)12(15-6)11-14(4,5)17-9-7-16-8-10-17/h12,15-16H,7-11H2,1-6H3.